The van der Waals surface area contributed by atoms with Crippen LogP contribution in [-0.4, -0.2) is 10.5 Å². The van der Waals surface area contributed by atoms with Gasteiger partial charge in [0.15, 0.2) is 0 Å². The fourth-order valence-electron chi connectivity index (χ4n) is 3.39. The second-order valence-corrected chi connectivity index (χ2v) is 7.48. The molecule has 0 fully saturated rings. The molecule has 4 rings (SSSR count). The molecule has 0 atom stereocenters. The van der Waals surface area contributed by atoms with Crippen molar-refractivity contribution in [2.24, 2.45) is 0 Å². The van der Waals surface area contributed by atoms with Gasteiger partial charge in [-0.25, -0.2) is 4.79 Å². The molecule has 0 saturated carbocycles. The Hall–Kier alpha value is -2.34. The maximum Gasteiger partial charge on any atom is 0.344 e. The quantitative estimate of drug-likeness (QED) is 0.217. The van der Waals surface area contributed by atoms with Crippen LogP contribution in [0, 0.1) is 10.5 Å². The summed E-state index contributed by atoms with van der Waals surface area (Å²) in [4.78, 5) is 12.5. The fourth-order valence-corrected chi connectivity index (χ4v) is 4.00. The molecule has 4 heteroatoms. The highest BCUT2D eigenvalue weighted by molar-refractivity contribution is 14.1. The largest absolute Gasteiger partial charge is 0.423 e. The second-order valence-electron chi connectivity index (χ2n) is 6.31. The fraction of sp³-hybridized carbons (Fsp3) is 0.136. The van der Waals surface area contributed by atoms with Crippen LogP contribution in [0.15, 0.2) is 60.7 Å². The molecule has 3 aromatic carbocycles. The van der Waals surface area contributed by atoms with Gasteiger partial charge in [-0.05, 0) is 78.9 Å². The third-order valence-electron chi connectivity index (χ3n) is 4.61. The lowest BCUT2D eigenvalue weighted by molar-refractivity contribution is 0.0734. The van der Waals surface area contributed by atoms with Gasteiger partial charge in [0.2, 0.25) is 0 Å². The lowest BCUT2D eigenvalue weighted by Crippen LogP contribution is -2.10. The summed E-state index contributed by atoms with van der Waals surface area (Å²) in [5.74, 6) is 0.239. The van der Waals surface area contributed by atoms with Gasteiger partial charge in [0, 0.05) is 31.9 Å². The molecule has 0 unspecified atom stereocenters. The second kappa shape index (κ2) is 6.76. The molecule has 0 aliphatic rings. The summed E-state index contributed by atoms with van der Waals surface area (Å²) in [6.07, 6.45) is 0. The molecule has 3 nitrogen and oxygen atoms in total. The maximum atomic E-state index is 12.5. The van der Waals surface area contributed by atoms with Crippen LogP contribution in [0.3, 0.4) is 0 Å². The first-order valence-electron chi connectivity index (χ1n) is 8.58. The van der Waals surface area contributed by atoms with Crippen LogP contribution >= 0.6 is 22.6 Å². The Kier molecular flexibility index (Phi) is 4.44. The van der Waals surface area contributed by atoms with Gasteiger partial charge in [-0.15, -0.1) is 0 Å². The van der Waals surface area contributed by atoms with Crippen LogP contribution in [0.25, 0.3) is 21.8 Å². The van der Waals surface area contributed by atoms with Crippen molar-refractivity contribution >= 4 is 50.4 Å². The summed E-state index contributed by atoms with van der Waals surface area (Å²) < 4.78 is 8.83. The molecule has 0 aliphatic heterocycles. The van der Waals surface area contributed by atoms with Crippen LogP contribution in [-0.2, 0) is 6.54 Å². The molecule has 0 aliphatic carbocycles. The van der Waals surface area contributed by atoms with Crippen molar-refractivity contribution in [3.05, 3.63) is 75.4 Å². The molecule has 1 heterocycles. The van der Waals surface area contributed by atoms with Crippen molar-refractivity contribution < 1.29 is 9.53 Å². The maximum absolute atomic E-state index is 12.5. The van der Waals surface area contributed by atoms with Gasteiger partial charge in [-0.1, -0.05) is 23.8 Å². The number of fused-ring (bicyclic) bond motifs is 3. The predicted octanol–water partition coefficient (Wildman–Crippen LogP) is 5.95. The van der Waals surface area contributed by atoms with Gasteiger partial charge < -0.3 is 9.30 Å². The normalized spacial score (nSPS) is 11.2. The monoisotopic (exact) mass is 455 g/mol. The zero-order valence-corrected chi connectivity index (χ0v) is 16.8. The average Bonchev–Trinajstić information content (AvgIpc) is 2.94. The number of aryl methyl sites for hydroxylation is 2. The Bertz CT molecular complexity index is 1140. The molecule has 0 saturated heterocycles. The molecule has 130 valence electrons. The van der Waals surface area contributed by atoms with Crippen molar-refractivity contribution in [2.75, 3.05) is 0 Å². The lowest BCUT2D eigenvalue weighted by Gasteiger charge is -2.07. The Morgan fingerprint density at radius 3 is 2.42 bits per heavy atom. The number of aromatic nitrogens is 1. The number of rotatable bonds is 3. The number of benzene rings is 3. The predicted molar refractivity (Wildman–Crippen MR) is 114 cm³/mol. The van der Waals surface area contributed by atoms with Gasteiger partial charge in [-0.3, -0.25) is 0 Å². The topological polar surface area (TPSA) is 31.2 Å². The van der Waals surface area contributed by atoms with Crippen molar-refractivity contribution in [1.82, 2.24) is 4.57 Å². The number of carbonyl (C=O) groups excluding carboxylic acids is 1. The Labute approximate surface area is 165 Å². The highest BCUT2D eigenvalue weighted by Crippen LogP contribution is 2.32. The average molecular weight is 455 g/mol. The van der Waals surface area contributed by atoms with Crippen molar-refractivity contribution in [3.63, 3.8) is 0 Å². The molecule has 0 bridgehead atoms. The van der Waals surface area contributed by atoms with Gasteiger partial charge >= 0.3 is 5.97 Å². The minimum atomic E-state index is -0.329. The zero-order chi connectivity index (χ0) is 18.3. The van der Waals surface area contributed by atoms with E-state index in [1.165, 1.54) is 16.5 Å². The van der Waals surface area contributed by atoms with Crippen LogP contribution in [0.2, 0.25) is 0 Å². The van der Waals surface area contributed by atoms with Crippen LogP contribution in [0.5, 0.6) is 5.75 Å². The van der Waals surface area contributed by atoms with E-state index in [1.807, 2.05) is 36.4 Å². The van der Waals surface area contributed by atoms with Gasteiger partial charge in [0.1, 0.15) is 5.75 Å². The highest BCUT2D eigenvalue weighted by Gasteiger charge is 2.14. The number of nitrogens with zero attached hydrogens (tertiary/aromatic N) is 1. The van der Waals surface area contributed by atoms with E-state index in [0.29, 0.717) is 11.3 Å². The molecule has 0 spiro atoms. The summed E-state index contributed by atoms with van der Waals surface area (Å²) in [6.45, 7) is 5.13. The molecule has 0 radical (unpaired) electrons. The number of hydrogen-bond acceptors (Lipinski definition) is 2. The molecule has 4 aromatic rings. The van der Waals surface area contributed by atoms with E-state index < -0.39 is 0 Å². The van der Waals surface area contributed by atoms with Crippen LogP contribution in [0.4, 0.5) is 0 Å². The van der Waals surface area contributed by atoms with E-state index in [0.717, 1.165) is 21.0 Å². The smallest absolute Gasteiger partial charge is 0.344 e. The number of carbonyl (C=O) groups is 1. The first kappa shape index (κ1) is 17.1. The molecule has 26 heavy (non-hydrogen) atoms. The summed E-state index contributed by atoms with van der Waals surface area (Å²) in [7, 11) is 0. The van der Waals surface area contributed by atoms with E-state index in [4.69, 9.17) is 4.74 Å². The zero-order valence-electron chi connectivity index (χ0n) is 14.6. The number of hydrogen-bond donors (Lipinski definition) is 0. The Morgan fingerprint density at radius 2 is 1.69 bits per heavy atom. The minimum absolute atomic E-state index is 0.329. The van der Waals surface area contributed by atoms with Gasteiger partial charge in [0.05, 0.1) is 5.56 Å². The van der Waals surface area contributed by atoms with E-state index in [9.17, 15) is 4.79 Å². The van der Waals surface area contributed by atoms with Gasteiger partial charge in [0.25, 0.3) is 0 Å². The lowest BCUT2D eigenvalue weighted by atomic mass is 10.1. The Morgan fingerprint density at radius 1 is 1.00 bits per heavy atom. The van der Waals surface area contributed by atoms with Gasteiger partial charge in [-0.2, -0.15) is 0 Å². The summed E-state index contributed by atoms with van der Waals surface area (Å²) in [5.41, 5.74) is 4.16. The van der Waals surface area contributed by atoms with E-state index in [-0.39, 0.29) is 5.97 Å². The molecule has 0 amide bonds. The van der Waals surface area contributed by atoms with Crippen molar-refractivity contribution in [3.8, 4) is 5.75 Å². The summed E-state index contributed by atoms with van der Waals surface area (Å²) >= 11 is 2.15. The Balaban J connectivity index is 1.80. The SMILES string of the molecule is CCn1c2ccc(C)cc2c2cc(OC(=O)c3ccccc3I)ccc21. The summed E-state index contributed by atoms with van der Waals surface area (Å²) in [5, 5.41) is 2.30. The third kappa shape index (κ3) is 2.88. The van der Waals surface area contributed by atoms with E-state index in [2.05, 4.69) is 59.2 Å². The highest BCUT2D eigenvalue weighted by atomic mass is 127. The van der Waals surface area contributed by atoms with Crippen LogP contribution in [0.1, 0.15) is 22.8 Å². The minimum Gasteiger partial charge on any atom is -0.423 e. The molecular weight excluding hydrogens is 437 g/mol. The van der Waals surface area contributed by atoms with E-state index in [1.54, 1.807) is 6.07 Å². The molecular formula is C22H18INO2. The number of esters is 1. The number of ether oxygens (including phenoxy) is 1. The third-order valence-corrected chi connectivity index (χ3v) is 5.55. The van der Waals surface area contributed by atoms with Crippen molar-refractivity contribution in [2.45, 2.75) is 20.4 Å². The van der Waals surface area contributed by atoms with E-state index >= 15 is 0 Å². The first-order valence-corrected chi connectivity index (χ1v) is 9.65. The van der Waals surface area contributed by atoms with Crippen LogP contribution < -0.4 is 4.74 Å². The standard InChI is InChI=1S/C22H18INO2/c1-3-24-20-10-8-14(2)12-17(20)18-13-15(9-11-21(18)24)26-22(25)16-6-4-5-7-19(16)23/h4-13H,3H2,1-2H3. The first-order chi connectivity index (χ1) is 12.6. The molecule has 1 aromatic heterocycles. The van der Waals surface area contributed by atoms with Crippen molar-refractivity contribution in [1.29, 1.82) is 0 Å². The number of halogens is 1. The molecule has 0 N–H and O–H groups in total. The summed E-state index contributed by atoms with van der Waals surface area (Å²) in [6, 6.07) is 19.8.